The molecule has 3 rings (SSSR count). The van der Waals surface area contributed by atoms with Crippen LogP contribution in [0.4, 0.5) is 0 Å². The minimum atomic E-state index is 0.0985. The second-order valence-electron chi connectivity index (χ2n) is 5.01. The molecule has 0 saturated carbocycles. The van der Waals surface area contributed by atoms with Crippen LogP contribution in [0.2, 0.25) is 0 Å². The smallest absolute Gasteiger partial charge is 0.270 e. The fourth-order valence-corrected chi connectivity index (χ4v) is 2.75. The molecule has 2 aromatic rings. The first kappa shape index (κ1) is 12.2. The van der Waals surface area contributed by atoms with Crippen LogP contribution in [0.3, 0.4) is 0 Å². The molecule has 0 spiro atoms. The van der Waals surface area contributed by atoms with Crippen molar-refractivity contribution in [2.45, 2.75) is 6.92 Å². The number of hydrogen-bond donors (Lipinski definition) is 0. The summed E-state index contributed by atoms with van der Waals surface area (Å²) in [4.78, 5) is 14.4. The van der Waals surface area contributed by atoms with Crippen LogP contribution in [0.25, 0.3) is 10.9 Å². The molecule has 0 aliphatic carbocycles. The van der Waals surface area contributed by atoms with Crippen molar-refractivity contribution in [2.75, 3.05) is 26.3 Å². The Labute approximate surface area is 112 Å². The van der Waals surface area contributed by atoms with Gasteiger partial charge in [0.15, 0.2) is 0 Å². The normalized spacial score (nSPS) is 16.0. The summed E-state index contributed by atoms with van der Waals surface area (Å²) in [5.41, 5.74) is 3.09. The number of benzene rings is 1. The molecule has 1 saturated heterocycles. The quantitative estimate of drug-likeness (QED) is 0.783. The fraction of sp³-hybridized carbons (Fsp3) is 0.400. The van der Waals surface area contributed by atoms with Crippen LogP contribution in [-0.4, -0.2) is 41.7 Å². The number of aromatic nitrogens is 1. The molecule has 0 N–H and O–H groups in total. The summed E-state index contributed by atoms with van der Waals surface area (Å²) in [5.74, 6) is 0.0985. The van der Waals surface area contributed by atoms with Crippen LogP contribution in [0.1, 0.15) is 16.1 Å². The highest BCUT2D eigenvalue weighted by Crippen LogP contribution is 2.23. The van der Waals surface area contributed by atoms with Gasteiger partial charge in [-0.2, -0.15) is 0 Å². The van der Waals surface area contributed by atoms with Gasteiger partial charge in [0, 0.05) is 25.5 Å². The van der Waals surface area contributed by atoms with Crippen molar-refractivity contribution in [1.29, 1.82) is 0 Å². The number of amides is 1. The standard InChI is InChI=1S/C15H18N2O2/c1-11-4-3-5-12-10-13(16(2)14(11)12)15(18)17-6-8-19-9-7-17/h3-5,10H,6-9H2,1-2H3. The molecule has 4 heteroatoms. The van der Waals surface area contributed by atoms with Crippen LogP contribution < -0.4 is 0 Å². The van der Waals surface area contributed by atoms with E-state index in [0.717, 1.165) is 16.6 Å². The fourth-order valence-electron chi connectivity index (χ4n) is 2.75. The number of para-hydroxylation sites is 1. The van der Waals surface area contributed by atoms with Crippen LogP contribution in [-0.2, 0) is 11.8 Å². The first-order chi connectivity index (χ1) is 9.18. The second-order valence-corrected chi connectivity index (χ2v) is 5.01. The van der Waals surface area contributed by atoms with E-state index in [4.69, 9.17) is 4.74 Å². The number of aryl methyl sites for hydroxylation is 2. The first-order valence-electron chi connectivity index (χ1n) is 6.60. The molecule has 100 valence electrons. The lowest BCUT2D eigenvalue weighted by molar-refractivity contribution is 0.0297. The van der Waals surface area contributed by atoms with Crippen molar-refractivity contribution < 1.29 is 9.53 Å². The lowest BCUT2D eigenvalue weighted by Gasteiger charge is -2.26. The zero-order chi connectivity index (χ0) is 13.4. The van der Waals surface area contributed by atoms with Gasteiger partial charge in [0.1, 0.15) is 5.69 Å². The SMILES string of the molecule is Cc1cccc2cc(C(=O)N3CCOCC3)n(C)c12. The van der Waals surface area contributed by atoms with Gasteiger partial charge in [-0.25, -0.2) is 0 Å². The maximum Gasteiger partial charge on any atom is 0.270 e. The molecule has 1 aromatic carbocycles. The molecule has 1 aliphatic heterocycles. The van der Waals surface area contributed by atoms with Gasteiger partial charge in [-0.15, -0.1) is 0 Å². The van der Waals surface area contributed by atoms with Crippen molar-refractivity contribution in [2.24, 2.45) is 7.05 Å². The number of morpholine rings is 1. The largest absolute Gasteiger partial charge is 0.378 e. The van der Waals surface area contributed by atoms with E-state index in [0.29, 0.717) is 26.3 Å². The molecule has 1 fully saturated rings. The Bertz CT molecular complexity index is 624. The van der Waals surface area contributed by atoms with Crippen LogP contribution in [0, 0.1) is 6.92 Å². The van der Waals surface area contributed by atoms with Gasteiger partial charge in [0.05, 0.1) is 18.7 Å². The molecular formula is C15H18N2O2. The van der Waals surface area contributed by atoms with E-state index in [-0.39, 0.29) is 5.91 Å². The highest BCUT2D eigenvalue weighted by molar-refractivity contribution is 5.99. The minimum Gasteiger partial charge on any atom is -0.378 e. The first-order valence-corrected chi connectivity index (χ1v) is 6.60. The van der Waals surface area contributed by atoms with Gasteiger partial charge in [0.25, 0.3) is 5.91 Å². The zero-order valence-electron chi connectivity index (χ0n) is 11.3. The van der Waals surface area contributed by atoms with Crippen LogP contribution >= 0.6 is 0 Å². The molecule has 19 heavy (non-hydrogen) atoms. The van der Waals surface area contributed by atoms with Gasteiger partial charge in [-0.1, -0.05) is 18.2 Å². The van der Waals surface area contributed by atoms with E-state index in [2.05, 4.69) is 19.1 Å². The summed E-state index contributed by atoms with van der Waals surface area (Å²) >= 11 is 0. The van der Waals surface area contributed by atoms with Crippen LogP contribution in [0.5, 0.6) is 0 Å². The number of ether oxygens (including phenoxy) is 1. The summed E-state index contributed by atoms with van der Waals surface area (Å²) in [6.45, 7) is 4.70. The molecule has 4 nitrogen and oxygen atoms in total. The number of carbonyl (C=O) groups is 1. The second kappa shape index (κ2) is 4.70. The number of rotatable bonds is 1. The van der Waals surface area contributed by atoms with Gasteiger partial charge in [-0.3, -0.25) is 4.79 Å². The van der Waals surface area contributed by atoms with Gasteiger partial charge in [-0.05, 0) is 18.6 Å². The topological polar surface area (TPSA) is 34.5 Å². The van der Waals surface area contributed by atoms with E-state index in [1.54, 1.807) is 0 Å². The molecule has 0 radical (unpaired) electrons. The summed E-state index contributed by atoms with van der Waals surface area (Å²) in [6.07, 6.45) is 0. The van der Waals surface area contributed by atoms with Crippen molar-refractivity contribution in [3.63, 3.8) is 0 Å². The molecule has 2 heterocycles. The predicted molar refractivity (Wildman–Crippen MR) is 74.4 cm³/mol. The summed E-state index contributed by atoms with van der Waals surface area (Å²) in [5, 5.41) is 1.12. The van der Waals surface area contributed by atoms with E-state index in [9.17, 15) is 4.79 Å². The highest BCUT2D eigenvalue weighted by Gasteiger charge is 2.22. The van der Waals surface area contributed by atoms with Crippen molar-refractivity contribution in [3.05, 3.63) is 35.5 Å². The summed E-state index contributed by atoms with van der Waals surface area (Å²) in [7, 11) is 1.96. The van der Waals surface area contributed by atoms with Gasteiger partial charge >= 0.3 is 0 Å². The van der Waals surface area contributed by atoms with E-state index in [1.165, 1.54) is 5.56 Å². The third kappa shape index (κ3) is 2.02. The molecule has 0 atom stereocenters. The van der Waals surface area contributed by atoms with Crippen LogP contribution in [0.15, 0.2) is 24.3 Å². The number of carbonyl (C=O) groups excluding carboxylic acids is 1. The Morgan fingerprint density at radius 1 is 1.26 bits per heavy atom. The Balaban J connectivity index is 2.03. The molecule has 1 aliphatic rings. The monoisotopic (exact) mass is 258 g/mol. The summed E-state index contributed by atoms with van der Waals surface area (Å²) in [6, 6.07) is 8.14. The minimum absolute atomic E-state index is 0.0985. The Kier molecular flexibility index (Phi) is 3.03. The summed E-state index contributed by atoms with van der Waals surface area (Å²) < 4.78 is 7.30. The number of fused-ring (bicyclic) bond motifs is 1. The number of nitrogens with zero attached hydrogens (tertiary/aromatic N) is 2. The molecule has 1 aromatic heterocycles. The lowest BCUT2D eigenvalue weighted by atomic mass is 10.2. The highest BCUT2D eigenvalue weighted by atomic mass is 16.5. The molecule has 1 amide bonds. The predicted octanol–water partition coefficient (Wildman–Crippen LogP) is 1.96. The zero-order valence-corrected chi connectivity index (χ0v) is 11.3. The van der Waals surface area contributed by atoms with Gasteiger partial charge in [0.2, 0.25) is 0 Å². The average molecular weight is 258 g/mol. The number of hydrogen-bond acceptors (Lipinski definition) is 2. The third-order valence-corrected chi connectivity index (χ3v) is 3.78. The van der Waals surface area contributed by atoms with E-state index in [1.807, 2.05) is 28.6 Å². The Hall–Kier alpha value is -1.81. The van der Waals surface area contributed by atoms with Gasteiger partial charge < -0.3 is 14.2 Å². The van der Waals surface area contributed by atoms with E-state index >= 15 is 0 Å². The average Bonchev–Trinajstić information content (AvgIpc) is 2.78. The molecular weight excluding hydrogens is 240 g/mol. The maximum absolute atomic E-state index is 12.6. The molecule has 0 unspecified atom stereocenters. The van der Waals surface area contributed by atoms with E-state index < -0.39 is 0 Å². The van der Waals surface area contributed by atoms with Crippen molar-refractivity contribution in [3.8, 4) is 0 Å². The third-order valence-electron chi connectivity index (χ3n) is 3.78. The molecule has 0 bridgehead atoms. The van der Waals surface area contributed by atoms with Crippen molar-refractivity contribution in [1.82, 2.24) is 9.47 Å². The Morgan fingerprint density at radius 2 is 2.00 bits per heavy atom. The van der Waals surface area contributed by atoms with Crippen molar-refractivity contribution >= 4 is 16.8 Å². The lowest BCUT2D eigenvalue weighted by Crippen LogP contribution is -2.41. The Morgan fingerprint density at radius 3 is 2.68 bits per heavy atom. The maximum atomic E-state index is 12.6.